The summed E-state index contributed by atoms with van der Waals surface area (Å²) in [5, 5.41) is 11.0. The van der Waals surface area contributed by atoms with Gasteiger partial charge in [0.25, 0.3) is 5.91 Å². The quantitative estimate of drug-likeness (QED) is 0.594. The molecule has 0 aliphatic rings. The molecule has 0 spiro atoms. The molecule has 1 aromatic rings. The summed E-state index contributed by atoms with van der Waals surface area (Å²) in [5.74, 6) is -1.89. The van der Waals surface area contributed by atoms with Gasteiger partial charge in [-0.15, -0.1) is 0 Å². The lowest BCUT2D eigenvalue weighted by molar-refractivity contribution is -0.143. The van der Waals surface area contributed by atoms with Crippen LogP contribution in [0.2, 0.25) is 0 Å². The fourth-order valence-corrected chi connectivity index (χ4v) is 1.48. The van der Waals surface area contributed by atoms with Gasteiger partial charge in [0, 0.05) is 6.07 Å². The summed E-state index contributed by atoms with van der Waals surface area (Å²) in [6.07, 6.45) is -0.486. The highest BCUT2D eigenvalue weighted by molar-refractivity contribution is 5.88. The Bertz CT molecular complexity index is 531. The number of carboxylic acids is 1. The molecule has 8 nitrogen and oxygen atoms in total. The molecule has 0 aliphatic heterocycles. The van der Waals surface area contributed by atoms with Crippen LogP contribution in [0.3, 0.4) is 0 Å². The summed E-state index contributed by atoms with van der Waals surface area (Å²) in [5.41, 5.74) is 4.91. The van der Waals surface area contributed by atoms with E-state index in [0.29, 0.717) is 11.5 Å². The van der Waals surface area contributed by atoms with Crippen LogP contribution in [0.25, 0.3) is 0 Å². The third-order valence-electron chi connectivity index (χ3n) is 2.45. The largest absolute Gasteiger partial charge is 0.497 e. The number of aliphatic carboxylic acids is 1. The van der Waals surface area contributed by atoms with E-state index in [4.69, 9.17) is 20.3 Å². The van der Waals surface area contributed by atoms with Crippen LogP contribution in [0.1, 0.15) is 6.42 Å². The zero-order valence-electron chi connectivity index (χ0n) is 11.4. The number of carbonyl (C=O) groups is 3. The molecule has 0 aliphatic carbocycles. The Labute approximate surface area is 120 Å². The van der Waals surface area contributed by atoms with Gasteiger partial charge in [0.15, 0.2) is 6.61 Å². The first-order valence-corrected chi connectivity index (χ1v) is 5.99. The highest BCUT2D eigenvalue weighted by Crippen LogP contribution is 2.18. The van der Waals surface area contributed by atoms with E-state index in [1.165, 1.54) is 7.11 Å². The van der Waals surface area contributed by atoms with Gasteiger partial charge in [0.2, 0.25) is 5.91 Å². The number of nitrogens with two attached hydrogens (primary N) is 1. The van der Waals surface area contributed by atoms with Crippen molar-refractivity contribution in [2.45, 2.75) is 12.5 Å². The monoisotopic (exact) mass is 296 g/mol. The predicted molar refractivity (Wildman–Crippen MR) is 71.9 cm³/mol. The van der Waals surface area contributed by atoms with E-state index >= 15 is 0 Å². The van der Waals surface area contributed by atoms with Crippen LogP contribution in [0.4, 0.5) is 0 Å². The molecule has 2 amide bonds. The van der Waals surface area contributed by atoms with Crippen molar-refractivity contribution in [3.8, 4) is 11.5 Å². The number of primary amides is 1. The van der Waals surface area contributed by atoms with Crippen molar-refractivity contribution in [3.05, 3.63) is 24.3 Å². The predicted octanol–water partition coefficient (Wildman–Crippen LogP) is -0.481. The van der Waals surface area contributed by atoms with Crippen LogP contribution >= 0.6 is 0 Å². The van der Waals surface area contributed by atoms with Gasteiger partial charge in [-0.1, -0.05) is 6.07 Å². The molecule has 0 saturated carbocycles. The lowest BCUT2D eigenvalue weighted by atomic mass is 10.2. The number of amides is 2. The van der Waals surface area contributed by atoms with Crippen LogP contribution in [0.15, 0.2) is 24.3 Å². The van der Waals surface area contributed by atoms with Gasteiger partial charge < -0.3 is 25.6 Å². The third-order valence-corrected chi connectivity index (χ3v) is 2.45. The molecule has 1 rings (SSSR count). The highest BCUT2D eigenvalue weighted by Gasteiger charge is 2.22. The molecule has 1 aromatic carbocycles. The number of nitrogens with one attached hydrogen (secondary N) is 1. The summed E-state index contributed by atoms with van der Waals surface area (Å²) in [6.45, 7) is -0.393. The van der Waals surface area contributed by atoms with Crippen LogP contribution in [-0.4, -0.2) is 42.6 Å². The smallest absolute Gasteiger partial charge is 0.326 e. The standard InChI is InChI=1S/C13H16N2O6/c1-20-8-3-2-4-9(5-8)21-7-12(17)15-10(13(18)19)6-11(14)16/h2-5,10H,6-7H2,1H3,(H2,14,16)(H,15,17)(H,18,19). The van der Waals surface area contributed by atoms with Crippen LogP contribution < -0.4 is 20.5 Å². The van der Waals surface area contributed by atoms with Crippen molar-refractivity contribution >= 4 is 17.8 Å². The molecule has 1 unspecified atom stereocenters. The van der Waals surface area contributed by atoms with Crippen molar-refractivity contribution < 1.29 is 29.0 Å². The first-order valence-electron chi connectivity index (χ1n) is 5.99. The fourth-order valence-electron chi connectivity index (χ4n) is 1.48. The molecule has 0 bridgehead atoms. The second kappa shape index (κ2) is 7.73. The molecule has 8 heteroatoms. The molecular formula is C13H16N2O6. The Morgan fingerprint density at radius 3 is 2.57 bits per heavy atom. The van der Waals surface area contributed by atoms with Crippen molar-refractivity contribution in [3.63, 3.8) is 0 Å². The van der Waals surface area contributed by atoms with E-state index in [2.05, 4.69) is 5.32 Å². The van der Waals surface area contributed by atoms with Crippen molar-refractivity contribution in [1.29, 1.82) is 0 Å². The Morgan fingerprint density at radius 2 is 2.00 bits per heavy atom. The normalized spacial score (nSPS) is 11.3. The maximum Gasteiger partial charge on any atom is 0.326 e. The van der Waals surface area contributed by atoms with Gasteiger partial charge in [0.1, 0.15) is 17.5 Å². The first kappa shape index (κ1) is 16.3. The molecule has 0 aromatic heterocycles. The molecule has 0 radical (unpaired) electrons. The second-order valence-corrected chi connectivity index (χ2v) is 4.10. The van der Waals surface area contributed by atoms with E-state index < -0.39 is 36.9 Å². The Hall–Kier alpha value is -2.77. The van der Waals surface area contributed by atoms with Crippen LogP contribution in [-0.2, 0) is 14.4 Å². The first-order chi connectivity index (χ1) is 9.92. The number of hydrogen-bond donors (Lipinski definition) is 3. The van der Waals surface area contributed by atoms with Crippen molar-refractivity contribution in [2.75, 3.05) is 13.7 Å². The van der Waals surface area contributed by atoms with Crippen molar-refractivity contribution in [2.24, 2.45) is 5.73 Å². The van der Waals surface area contributed by atoms with E-state index in [9.17, 15) is 14.4 Å². The summed E-state index contributed by atoms with van der Waals surface area (Å²) >= 11 is 0. The Kier molecular flexibility index (Phi) is 5.99. The Morgan fingerprint density at radius 1 is 1.33 bits per heavy atom. The molecule has 0 fully saturated rings. The summed E-state index contributed by atoms with van der Waals surface area (Å²) in [6, 6.07) is 5.21. The van der Waals surface area contributed by atoms with Gasteiger partial charge in [-0.05, 0) is 12.1 Å². The van der Waals surface area contributed by atoms with E-state index in [-0.39, 0.29) is 0 Å². The number of hydrogen-bond acceptors (Lipinski definition) is 5. The fraction of sp³-hybridized carbons (Fsp3) is 0.308. The highest BCUT2D eigenvalue weighted by atomic mass is 16.5. The minimum atomic E-state index is -1.37. The molecule has 1 atom stereocenters. The Balaban J connectivity index is 2.52. The molecule has 4 N–H and O–H groups in total. The second-order valence-electron chi connectivity index (χ2n) is 4.10. The topological polar surface area (TPSA) is 128 Å². The van der Waals surface area contributed by atoms with Crippen molar-refractivity contribution in [1.82, 2.24) is 5.32 Å². The molecule has 114 valence electrons. The molecular weight excluding hydrogens is 280 g/mol. The van der Waals surface area contributed by atoms with Gasteiger partial charge in [-0.3, -0.25) is 9.59 Å². The SMILES string of the molecule is COc1cccc(OCC(=O)NC(CC(N)=O)C(=O)O)c1. The molecule has 0 saturated heterocycles. The van der Waals surface area contributed by atoms with Gasteiger partial charge >= 0.3 is 5.97 Å². The molecule has 0 heterocycles. The van der Waals surface area contributed by atoms with Crippen LogP contribution in [0.5, 0.6) is 11.5 Å². The average molecular weight is 296 g/mol. The number of carbonyl (C=O) groups excluding carboxylic acids is 2. The van der Waals surface area contributed by atoms with E-state index in [1.807, 2.05) is 0 Å². The van der Waals surface area contributed by atoms with Gasteiger partial charge in [0.05, 0.1) is 13.5 Å². The van der Waals surface area contributed by atoms with Gasteiger partial charge in [-0.25, -0.2) is 4.79 Å². The summed E-state index contributed by atoms with van der Waals surface area (Å²) in [7, 11) is 1.49. The number of benzene rings is 1. The summed E-state index contributed by atoms with van der Waals surface area (Å²) < 4.78 is 10.2. The number of ether oxygens (including phenoxy) is 2. The summed E-state index contributed by atoms with van der Waals surface area (Å²) in [4.78, 5) is 33.1. The number of methoxy groups -OCH3 is 1. The van der Waals surface area contributed by atoms with Crippen LogP contribution in [0, 0.1) is 0 Å². The maximum atomic E-state index is 11.6. The number of carboxylic acid groups (broad SMARTS) is 1. The lowest BCUT2D eigenvalue weighted by Gasteiger charge is -2.13. The lowest BCUT2D eigenvalue weighted by Crippen LogP contribution is -2.45. The van der Waals surface area contributed by atoms with E-state index in [0.717, 1.165) is 0 Å². The maximum absolute atomic E-state index is 11.6. The van der Waals surface area contributed by atoms with Gasteiger partial charge in [-0.2, -0.15) is 0 Å². The average Bonchev–Trinajstić information content (AvgIpc) is 2.44. The minimum Gasteiger partial charge on any atom is -0.497 e. The minimum absolute atomic E-state index is 0.393. The zero-order valence-corrected chi connectivity index (χ0v) is 11.4. The van der Waals surface area contributed by atoms with E-state index in [1.54, 1.807) is 24.3 Å². The molecule has 21 heavy (non-hydrogen) atoms. The third kappa shape index (κ3) is 5.81. The number of rotatable bonds is 8. The zero-order chi connectivity index (χ0) is 15.8.